The Labute approximate surface area is 114 Å². The molecule has 0 spiro atoms. The van der Waals surface area contributed by atoms with Gasteiger partial charge in [0.2, 0.25) is 10.0 Å². The SMILES string of the molecule is CCNCc1ccc(F)cc1S(=O)(=O)N(CC)CC. The summed E-state index contributed by atoms with van der Waals surface area (Å²) in [6, 6.07) is 3.91. The van der Waals surface area contributed by atoms with Crippen molar-refractivity contribution in [3.8, 4) is 0 Å². The highest BCUT2D eigenvalue weighted by Crippen LogP contribution is 2.21. The van der Waals surface area contributed by atoms with E-state index in [2.05, 4.69) is 5.32 Å². The van der Waals surface area contributed by atoms with E-state index >= 15 is 0 Å². The van der Waals surface area contributed by atoms with Crippen LogP contribution in [0.3, 0.4) is 0 Å². The summed E-state index contributed by atoms with van der Waals surface area (Å²) >= 11 is 0. The molecule has 0 saturated carbocycles. The average molecular weight is 288 g/mol. The molecule has 0 aliphatic heterocycles. The second-order valence-corrected chi connectivity index (χ2v) is 6.03. The molecule has 0 saturated heterocycles. The second kappa shape index (κ2) is 6.98. The Kier molecular flexibility index (Phi) is 5.90. The molecule has 1 aromatic carbocycles. The molecule has 0 bridgehead atoms. The molecule has 4 nitrogen and oxygen atoms in total. The Morgan fingerprint density at radius 1 is 1.21 bits per heavy atom. The highest BCUT2D eigenvalue weighted by atomic mass is 32.2. The molecule has 19 heavy (non-hydrogen) atoms. The van der Waals surface area contributed by atoms with E-state index in [0.29, 0.717) is 25.2 Å². The fourth-order valence-corrected chi connectivity index (χ4v) is 3.57. The predicted octanol–water partition coefficient (Wildman–Crippen LogP) is 1.97. The number of halogens is 1. The van der Waals surface area contributed by atoms with Crippen LogP contribution in [0.5, 0.6) is 0 Å². The van der Waals surface area contributed by atoms with Gasteiger partial charge in [-0.05, 0) is 24.2 Å². The molecule has 1 aromatic rings. The highest BCUT2D eigenvalue weighted by Gasteiger charge is 2.24. The standard InChI is InChI=1S/C13H21FN2O2S/c1-4-15-10-11-7-8-12(14)9-13(11)19(17,18)16(5-2)6-3/h7-9,15H,4-6,10H2,1-3H3. The maximum atomic E-state index is 13.4. The fraction of sp³-hybridized carbons (Fsp3) is 0.538. The van der Waals surface area contributed by atoms with Crippen molar-refractivity contribution in [3.63, 3.8) is 0 Å². The lowest BCUT2D eigenvalue weighted by atomic mass is 10.2. The van der Waals surface area contributed by atoms with Crippen LogP contribution < -0.4 is 5.32 Å². The van der Waals surface area contributed by atoms with Gasteiger partial charge in [0.1, 0.15) is 5.82 Å². The molecule has 108 valence electrons. The zero-order chi connectivity index (χ0) is 14.5. The number of hydrogen-bond acceptors (Lipinski definition) is 3. The lowest BCUT2D eigenvalue weighted by molar-refractivity contribution is 0.443. The molecule has 0 fully saturated rings. The maximum Gasteiger partial charge on any atom is 0.243 e. The summed E-state index contributed by atoms with van der Waals surface area (Å²) < 4.78 is 39.6. The summed E-state index contributed by atoms with van der Waals surface area (Å²) in [5, 5.41) is 3.07. The van der Waals surface area contributed by atoms with Gasteiger partial charge in [0.25, 0.3) is 0 Å². The molecule has 0 aromatic heterocycles. The minimum Gasteiger partial charge on any atom is -0.313 e. The first kappa shape index (κ1) is 16.1. The second-order valence-electron chi connectivity index (χ2n) is 4.12. The zero-order valence-corrected chi connectivity index (χ0v) is 12.4. The highest BCUT2D eigenvalue weighted by molar-refractivity contribution is 7.89. The van der Waals surface area contributed by atoms with Crippen LogP contribution in [0.15, 0.2) is 23.1 Å². The van der Waals surface area contributed by atoms with Gasteiger partial charge in [-0.2, -0.15) is 4.31 Å². The smallest absolute Gasteiger partial charge is 0.243 e. The van der Waals surface area contributed by atoms with Gasteiger partial charge in [-0.1, -0.05) is 26.8 Å². The topological polar surface area (TPSA) is 49.4 Å². The molecule has 0 atom stereocenters. The summed E-state index contributed by atoms with van der Waals surface area (Å²) in [5.74, 6) is -0.536. The molecule has 0 unspecified atom stereocenters. The van der Waals surface area contributed by atoms with E-state index < -0.39 is 15.8 Å². The van der Waals surface area contributed by atoms with Crippen LogP contribution in [0.2, 0.25) is 0 Å². The number of sulfonamides is 1. The third-order valence-electron chi connectivity index (χ3n) is 2.92. The summed E-state index contributed by atoms with van der Waals surface area (Å²) in [4.78, 5) is 0.0529. The fourth-order valence-electron chi connectivity index (χ4n) is 1.88. The van der Waals surface area contributed by atoms with Gasteiger partial charge in [-0.3, -0.25) is 0 Å². The predicted molar refractivity (Wildman–Crippen MR) is 73.9 cm³/mol. The van der Waals surface area contributed by atoms with Crippen molar-refractivity contribution in [3.05, 3.63) is 29.6 Å². The number of rotatable bonds is 7. The van der Waals surface area contributed by atoms with Gasteiger partial charge in [-0.25, -0.2) is 12.8 Å². The zero-order valence-electron chi connectivity index (χ0n) is 11.6. The largest absolute Gasteiger partial charge is 0.313 e. The molecule has 0 amide bonds. The maximum absolute atomic E-state index is 13.4. The van der Waals surface area contributed by atoms with Gasteiger partial charge in [0, 0.05) is 19.6 Å². The van der Waals surface area contributed by atoms with E-state index in [9.17, 15) is 12.8 Å². The van der Waals surface area contributed by atoms with Crippen LogP contribution in [0.25, 0.3) is 0 Å². The van der Waals surface area contributed by atoms with E-state index in [1.165, 1.54) is 16.4 Å². The Bertz CT molecular complexity index is 513. The molecular weight excluding hydrogens is 267 g/mol. The third kappa shape index (κ3) is 3.75. The summed E-state index contributed by atoms with van der Waals surface area (Å²) in [6.45, 7) is 7.34. The van der Waals surface area contributed by atoms with Crippen LogP contribution in [0.1, 0.15) is 26.3 Å². The van der Waals surface area contributed by atoms with Crippen LogP contribution in [0.4, 0.5) is 4.39 Å². The van der Waals surface area contributed by atoms with Crippen molar-refractivity contribution < 1.29 is 12.8 Å². The molecule has 0 aliphatic carbocycles. The molecule has 6 heteroatoms. The van der Waals surface area contributed by atoms with Crippen molar-refractivity contribution in [2.45, 2.75) is 32.2 Å². The number of nitrogens with zero attached hydrogens (tertiary/aromatic N) is 1. The first-order chi connectivity index (χ1) is 8.97. The number of benzene rings is 1. The van der Waals surface area contributed by atoms with E-state index in [1.807, 2.05) is 6.92 Å². The number of hydrogen-bond donors (Lipinski definition) is 1. The lowest BCUT2D eigenvalue weighted by Gasteiger charge is -2.20. The monoisotopic (exact) mass is 288 g/mol. The van der Waals surface area contributed by atoms with E-state index in [1.54, 1.807) is 13.8 Å². The van der Waals surface area contributed by atoms with E-state index in [4.69, 9.17) is 0 Å². The normalized spacial score (nSPS) is 12.1. The van der Waals surface area contributed by atoms with E-state index in [0.717, 1.165) is 12.6 Å². The van der Waals surface area contributed by atoms with Crippen molar-refractivity contribution >= 4 is 10.0 Å². The minimum atomic E-state index is -3.63. The van der Waals surface area contributed by atoms with Crippen LogP contribution in [0, 0.1) is 5.82 Å². The average Bonchev–Trinajstić information content (AvgIpc) is 2.38. The van der Waals surface area contributed by atoms with E-state index in [-0.39, 0.29) is 4.90 Å². The van der Waals surface area contributed by atoms with Gasteiger partial charge in [0.15, 0.2) is 0 Å². The Morgan fingerprint density at radius 2 is 1.84 bits per heavy atom. The van der Waals surface area contributed by atoms with Crippen LogP contribution >= 0.6 is 0 Å². The van der Waals surface area contributed by atoms with Gasteiger partial charge in [-0.15, -0.1) is 0 Å². The van der Waals surface area contributed by atoms with Crippen molar-refractivity contribution in [1.29, 1.82) is 0 Å². The van der Waals surface area contributed by atoms with Crippen molar-refractivity contribution in [1.82, 2.24) is 9.62 Å². The Hall–Kier alpha value is -0.980. The first-order valence-electron chi connectivity index (χ1n) is 6.46. The molecule has 0 heterocycles. The quantitative estimate of drug-likeness (QED) is 0.834. The number of nitrogens with one attached hydrogen (secondary N) is 1. The summed E-state index contributed by atoms with van der Waals surface area (Å²) in [7, 11) is -3.63. The lowest BCUT2D eigenvalue weighted by Crippen LogP contribution is -2.32. The van der Waals surface area contributed by atoms with Crippen LogP contribution in [-0.2, 0) is 16.6 Å². The molecular formula is C13H21FN2O2S. The molecule has 0 aliphatic rings. The van der Waals surface area contributed by atoms with Crippen molar-refractivity contribution in [2.75, 3.05) is 19.6 Å². The third-order valence-corrected chi connectivity index (χ3v) is 5.05. The summed E-state index contributed by atoms with van der Waals surface area (Å²) in [5.41, 5.74) is 0.593. The molecule has 1 rings (SSSR count). The molecule has 0 radical (unpaired) electrons. The van der Waals surface area contributed by atoms with Crippen molar-refractivity contribution in [2.24, 2.45) is 0 Å². The van der Waals surface area contributed by atoms with Gasteiger partial charge >= 0.3 is 0 Å². The minimum absolute atomic E-state index is 0.0529. The summed E-state index contributed by atoms with van der Waals surface area (Å²) in [6.07, 6.45) is 0. The Morgan fingerprint density at radius 3 is 2.37 bits per heavy atom. The molecule has 1 N–H and O–H groups in total. The van der Waals surface area contributed by atoms with Gasteiger partial charge in [0.05, 0.1) is 4.90 Å². The van der Waals surface area contributed by atoms with Crippen LogP contribution in [-0.4, -0.2) is 32.4 Å². The van der Waals surface area contributed by atoms with Gasteiger partial charge < -0.3 is 5.32 Å². The Balaban J connectivity index is 3.26. The first-order valence-corrected chi connectivity index (χ1v) is 7.90.